The molecule has 0 unspecified atom stereocenters. The number of pyridine rings is 1. The lowest BCUT2D eigenvalue weighted by Gasteiger charge is -2.08. The minimum atomic E-state index is -0.496. The lowest BCUT2D eigenvalue weighted by Crippen LogP contribution is -2.30. The zero-order valence-electron chi connectivity index (χ0n) is 14.7. The first-order valence-electron chi connectivity index (χ1n) is 8.50. The molecule has 0 aliphatic rings. The van der Waals surface area contributed by atoms with Crippen LogP contribution in [0.2, 0.25) is 0 Å². The van der Waals surface area contributed by atoms with Crippen molar-refractivity contribution in [3.63, 3.8) is 0 Å². The van der Waals surface area contributed by atoms with Crippen molar-refractivity contribution in [3.05, 3.63) is 42.1 Å². The van der Waals surface area contributed by atoms with Gasteiger partial charge in [-0.1, -0.05) is 24.3 Å². The van der Waals surface area contributed by atoms with Crippen LogP contribution in [0.3, 0.4) is 0 Å². The molecule has 0 radical (unpaired) electrons. The van der Waals surface area contributed by atoms with Gasteiger partial charge in [-0.15, -0.1) is 0 Å². The first-order chi connectivity index (χ1) is 12.6. The van der Waals surface area contributed by atoms with Gasteiger partial charge in [-0.3, -0.25) is 19.4 Å². The van der Waals surface area contributed by atoms with E-state index in [9.17, 15) is 14.4 Å². The molecule has 0 aliphatic heterocycles. The summed E-state index contributed by atoms with van der Waals surface area (Å²) in [6.07, 6.45) is 2.42. The molecule has 1 N–H and O–H groups in total. The molecule has 0 aliphatic carbocycles. The number of aromatic nitrogens is 1. The van der Waals surface area contributed by atoms with E-state index in [0.717, 1.165) is 16.5 Å². The number of nitrogens with one attached hydrogen (secondary N) is 1. The molecule has 1 heterocycles. The minimum absolute atomic E-state index is 0.0461. The topological polar surface area (TPSA) is 94.6 Å². The second-order valence-electron chi connectivity index (χ2n) is 5.59. The zero-order chi connectivity index (χ0) is 18.8. The third kappa shape index (κ3) is 6.16. The average molecular weight is 358 g/mol. The molecule has 26 heavy (non-hydrogen) atoms. The maximum absolute atomic E-state index is 12.0. The molecule has 7 heteroatoms. The summed E-state index contributed by atoms with van der Waals surface area (Å²) in [5.74, 6) is -1.19. The highest BCUT2D eigenvalue weighted by molar-refractivity contribution is 5.86. The summed E-state index contributed by atoms with van der Waals surface area (Å²) in [5.41, 5.74) is 1.50. The highest BCUT2D eigenvalue weighted by atomic mass is 16.5. The first kappa shape index (κ1) is 19.4. The summed E-state index contributed by atoms with van der Waals surface area (Å²) in [6.45, 7) is 2.05. The Morgan fingerprint density at radius 3 is 2.69 bits per heavy atom. The van der Waals surface area contributed by atoms with Gasteiger partial charge in [0, 0.05) is 24.5 Å². The number of ether oxygens (including phenoxy) is 2. The van der Waals surface area contributed by atoms with Gasteiger partial charge in [0.15, 0.2) is 6.61 Å². The molecule has 0 saturated carbocycles. The Labute approximate surface area is 151 Å². The Morgan fingerprint density at radius 1 is 1.08 bits per heavy atom. The van der Waals surface area contributed by atoms with Gasteiger partial charge < -0.3 is 14.8 Å². The molecule has 1 amide bonds. The standard InChI is InChI=1S/C19H22N2O5/c1-2-25-17(23)9-5-10-20-16(22)13-26-18(24)12-15-7-3-6-14-8-4-11-21-19(14)15/h3-4,6-8,11H,2,5,9-10,12-13H2,1H3,(H,20,22). The van der Waals surface area contributed by atoms with E-state index in [1.165, 1.54) is 0 Å². The van der Waals surface area contributed by atoms with Gasteiger partial charge in [0.25, 0.3) is 5.91 Å². The van der Waals surface area contributed by atoms with Crippen molar-refractivity contribution in [2.45, 2.75) is 26.2 Å². The van der Waals surface area contributed by atoms with E-state index in [1.807, 2.05) is 30.3 Å². The van der Waals surface area contributed by atoms with E-state index in [1.54, 1.807) is 13.1 Å². The van der Waals surface area contributed by atoms with Crippen LogP contribution < -0.4 is 5.32 Å². The van der Waals surface area contributed by atoms with Crippen LogP contribution >= 0.6 is 0 Å². The van der Waals surface area contributed by atoms with Gasteiger partial charge in [-0.25, -0.2) is 0 Å². The molecular weight excluding hydrogens is 336 g/mol. The minimum Gasteiger partial charge on any atom is -0.466 e. The molecule has 0 bridgehead atoms. The summed E-state index contributed by atoms with van der Waals surface area (Å²) in [7, 11) is 0. The number of amides is 1. The van der Waals surface area contributed by atoms with Crippen LogP contribution in [0.5, 0.6) is 0 Å². The van der Waals surface area contributed by atoms with E-state index in [2.05, 4.69) is 10.3 Å². The summed E-state index contributed by atoms with van der Waals surface area (Å²) >= 11 is 0. The smallest absolute Gasteiger partial charge is 0.310 e. The van der Waals surface area contributed by atoms with Crippen molar-refractivity contribution < 1.29 is 23.9 Å². The molecule has 2 rings (SSSR count). The number of rotatable bonds is 9. The fraction of sp³-hybridized carbons (Fsp3) is 0.368. The Balaban J connectivity index is 1.71. The monoisotopic (exact) mass is 358 g/mol. The molecule has 0 saturated heterocycles. The van der Waals surface area contributed by atoms with Crippen molar-refractivity contribution >= 4 is 28.7 Å². The average Bonchev–Trinajstić information content (AvgIpc) is 2.64. The summed E-state index contributed by atoms with van der Waals surface area (Å²) in [6, 6.07) is 9.33. The maximum atomic E-state index is 12.0. The SMILES string of the molecule is CCOC(=O)CCCNC(=O)COC(=O)Cc1cccc2cccnc12. The Bertz CT molecular complexity index is 770. The second-order valence-corrected chi connectivity index (χ2v) is 5.59. The first-order valence-corrected chi connectivity index (χ1v) is 8.50. The van der Waals surface area contributed by atoms with Crippen LogP contribution in [-0.4, -0.2) is 42.6 Å². The van der Waals surface area contributed by atoms with E-state index in [0.29, 0.717) is 19.6 Å². The Kier molecular flexibility index (Phi) is 7.54. The van der Waals surface area contributed by atoms with Crippen LogP contribution in [0.15, 0.2) is 36.5 Å². The highest BCUT2D eigenvalue weighted by Gasteiger charge is 2.11. The summed E-state index contributed by atoms with van der Waals surface area (Å²) < 4.78 is 9.79. The highest BCUT2D eigenvalue weighted by Crippen LogP contribution is 2.16. The summed E-state index contributed by atoms with van der Waals surface area (Å²) in [4.78, 5) is 39.1. The molecular formula is C19H22N2O5. The molecule has 138 valence electrons. The zero-order valence-corrected chi connectivity index (χ0v) is 14.7. The number of carbonyl (C=O) groups excluding carboxylic acids is 3. The van der Waals surface area contributed by atoms with Crippen molar-refractivity contribution in [2.24, 2.45) is 0 Å². The van der Waals surface area contributed by atoms with Gasteiger partial charge in [0.05, 0.1) is 18.5 Å². The van der Waals surface area contributed by atoms with Crippen LogP contribution in [0.25, 0.3) is 10.9 Å². The largest absolute Gasteiger partial charge is 0.466 e. The van der Waals surface area contributed by atoms with Crippen molar-refractivity contribution in [1.29, 1.82) is 0 Å². The van der Waals surface area contributed by atoms with Gasteiger partial charge in [0.1, 0.15) is 0 Å². The lowest BCUT2D eigenvalue weighted by molar-refractivity contribution is -0.147. The van der Waals surface area contributed by atoms with Crippen molar-refractivity contribution in [3.8, 4) is 0 Å². The lowest BCUT2D eigenvalue weighted by atomic mass is 10.1. The predicted molar refractivity (Wildman–Crippen MR) is 95.3 cm³/mol. The van der Waals surface area contributed by atoms with Gasteiger partial charge in [-0.05, 0) is 25.0 Å². The number of carbonyl (C=O) groups is 3. The maximum Gasteiger partial charge on any atom is 0.310 e. The van der Waals surface area contributed by atoms with E-state index >= 15 is 0 Å². The van der Waals surface area contributed by atoms with Crippen LogP contribution in [0, 0.1) is 0 Å². The normalized spacial score (nSPS) is 10.3. The summed E-state index contributed by atoms with van der Waals surface area (Å²) in [5, 5.41) is 3.53. The Morgan fingerprint density at radius 2 is 1.88 bits per heavy atom. The van der Waals surface area contributed by atoms with Gasteiger partial charge in [0.2, 0.25) is 0 Å². The quantitative estimate of drug-likeness (QED) is 0.542. The molecule has 2 aromatic rings. The van der Waals surface area contributed by atoms with Crippen LogP contribution in [0.4, 0.5) is 0 Å². The number of esters is 2. The van der Waals surface area contributed by atoms with Crippen LogP contribution in [0.1, 0.15) is 25.3 Å². The van der Waals surface area contributed by atoms with Crippen molar-refractivity contribution in [1.82, 2.24) is 10.3 Å². The fourth-order valence-corrected chi connectivity index (χ4v) is 2.41. The fourth-order valence-electron chi connectivity index (χ4n) is 2.41. The molecule has 0 atom stereocenters. The number of fused-ring (bicyclic) bond motifs is 1. The van der Waals surface area contributed by atoms with Crippen molar-refractivity contribution in [2.75, 3.05) is 19.8 Å². The number of hydrogen-bond acceptors (Lipinski definition) is 6. The molecule has 1 aromatic carbocycles. The van der Waals surface area contributed by atoms with E-state index in [4.69, 9.17) is 9.47 Å². The number of benzene rings is 1. The van der Waals surface area contributed by atoms with E-state index < -0.39 is 11.9 Å². The molecule has 1 aromatic heterocycles. The number of nitrogens with zero attached hydrogens (tertiary/aromatic N) is 1. The number of hydrogen-bond donors (Lipinski definition) is 1. The molecule has 0 fully saturated rings. The van der Waals surface area contributed by atoms with Gasteiger partial charge in [-0.2, -0.15) is 0 Å². The third-order valence-electron chi connectivity index (χ3n) is 3.60. The third-order valence-corrected chi connectivity index (χ3v) is 3.60. The molecule has 7 nitrogen and oxygen atoms in total. The predicted octanol–water partition coefficient (Wildman–Crippen LogP) is 1.78. The van der Waals surface area contributed by atoms with Crippen LogP contribution in [-0.2, 0) is 30.3 Å². The Hall–Kier alpha value is -2.96. The number of para-hydroxylation sites is 1. The van der Waals surface area contributed by atoms with Gasteiger partial charge >= 0.3 is 11.9 Å². The second kappa shape index (κ2) is 10.1. The molecule has 0 spiro atoms. The van der Waals surface area contributed by atoms with E-state index in [-0.39, 0.29) is 25.4 Å².